The summed E-state index contributed by atoms with van der Waals surface area (Å²) < 4.78 is 47.1. The number of piperidine rings is 1. The highest BCUT2D eigenvalue weighted by Gasteiger charge is 2.54. The molecule has 2 aliphatic heterocycles. The molecule has 4 fully saturated rings. The van der Waals surface area contributed by atoms with E-state index in [-0.39, 0.29) is 22.8 Å². The molecule has 136 valence electrons. The first-order valence-corrected chi connectivity index (χ1v) is 10.5. The molecular formula is C16H25FN2O4S. The summed E-state index contributed by atoms with van der Waals surface area (Å²) in [6, 6.07) is -0.0949. The lowest BCUT2D eigenvalue weighted by molar-refractivity contribution is -0.149. The van der Waals surface area contributed by atoms with Gasteiger partial charge in [-0.05, 0) is 51.4 Å². The SMILES string of the molecule is O=C(N1CCC2(CC1)CC(NS(=O)(=O)C1CC1)CCO2)C1(F)CC1. The minimum absolute atomic E-state index is 0.0949. The van der Waals surface area contributed by atoms with Crippen molar-refractivity contribution in [2.45, 2.75) is 73.9 Å². The van der Waals surface area contributed by atoms with Crippen LogP contribution in [-0.4, -0.2) is 61.5 Å². The van der Waals surface area contributed by atoms with Gasteiger partial charge in [0.25, 0.3) is 5.91 Å². The molecule has 4 aliphatic rings. The summed E-state index contributed by atoms with van der Waals surface area (Å²) in [6.45, 7) is 1.51. The van der Waals surface area contributed by atoms with Crippen molar-refractivity contribution in [2.75, 3.05) is 19.7 Å². The first kappa shape index (κ1) is 16.7. The Morgan fingerprint density at radius 2 is 1.79 bits per heavy atom. The van der Waals surface area contributed by atoms with E-state index in [1.165, 1.54) is 0 Å². The fraction of sp³-hybridized carbons (Fsp3) is 0.938. The number of carbonyl (C=O) groups is 1. The van der Waals surface area contributed by atoms with Crippen molar-refractivity contribution >= 4 is 15.9 Å². The molecule has 0 aromatic heterocycles. The predicted octanol–water partition coefficient (Wildman–Crippen LogP) is 1.11. The van der Waals surface area contributed by atoms with Crippen molar-refractivity contribution in [3.63, 3.8) is 0 Å². The summed E-state index contributed by atoms with van der Waals surface area (Å²) in [5.41, 5.74) is -1.99. The molecule has 1 atom stereocenters. The number of ether oxygens (including phenoxy) is 1. The van der Waals surface area contributed by atoms with Gasteiger partial charge in [-0.2, -0.15) is 0 Å². The zero-order valence-corrected chi connectivity index (χ0v) is 14.6. The third kappa shape index (κ3) is 3.20. The summed E-state index contributed by atoms with van der Waals surface area (Å²) in [5, 5.41) is -0.213. The fourth-order valence-corrected chi connectivity index (χ4v) is 5.52. The van der Waals surface area contributed by atoms with Crippen molar-refractivity contribution in [3.05, 3.63) is 0 Å². The van der Waals surface area contributed by atoms with Gasteiger partial charge in [0.1, 0.15) is 0 Å². The van der Waals surface area contributed by atoms with Gasteiger partial charge in [0.15, 0.2) is 5.67 Å². The van der Waals surface area contributed by atoms with Crippen molar-refractivity contribution in [1.29, 1.82) is 0 Å². The molecule has 1 amide bonds. The first-order chi connectivity index (χ1) is 11.3. The van der Waals surface area contributed by atoms with Crippen molar-refractivity contribution < 1.29 is 22.3 Å². The molecule has 0 radical (unpaired) electrons. The Bertz CT molecular complexity index is 622. The number of nitrogens with zero attached hydrogens (tertiary/aromatic N) is 1. The van der Waals surface area contributed by atoms with Gasteiger partial charge in [-0.25, -0.2) is 17.5 Å². The van der Waals surface area contributed by atoms with E-state index in [1.807, 2.05) is 0 Å². The maximum atomic E-state index is 13.9. The smallest absolute Gasteiger partial charge is 0.260 e. The van der Waals surface area contributed by atoms with Crippen LogP contribution in [0.25, 0.3) is 0 Å². The Morgan fingerprint density at radius 3 is 2.38 bits per heavy atom. The Morgan fingerprint density at radius 1 is 1.12 bits per heavy atom. The average Bonchev–Trinajstić information content (AvgIpc) is 3.42. The molecule has 0 aromatic carbocycles. The molecular weight excluding hydrogens is 335 g/mol. The number of hydrogen-bond donors (Lipinski definition) is 1. The average molecular weight is 360 g/mol. The number of halogens is 1. The lowest BCUT2D eigenvalue weighted by Gasteiger charge is -2.46. The van der Waals surface area contributed by atoms with Crippen molar-refractivity contribution in [3.8, 4) is 0 Å². The summed E-state index contributed by atoms with van der Waals surface area (Å²) >= 11 is 0. The molecule has 8 heteroatoms. The first-order valence-electron chi connectivity index (χ1n) is 8.95. The molecule has 2 heterocycles. The Labute approximate surface area is 142 Å². The van der Waals surface area contributed by atoms with Crippen LogP contribution in [0.4, 0.5) is 4.39 Å². The van der Waals surface area contributed by atoms with Gasteiger partial charge >= 0.3 is 0 Å². The summed E-state index contributed by atoms with van der Waals surface area (Å²) in [5.74, 6) is -0.376. The van der Waals surface area contributed by atoms with E-state index >= 15 is 0 Å². The van der Waals surface area contributed by atoms with Crippen molar-refractivity contribution in [1.82, 2.24) is 9.62 Å². The summed E-state index contributed by atoms with van der Waals surface area (Å²) in [6.07, 6.45) is 4.82. The quantitative estimate of drug-likeness (QED) is 0.815. The van der Waals surface area contributed by atoms with E-state index in [0.29, 0.717) is 58.2 Å². The molecule has 2 saturated heterocycles. The van der Waals surface area contributed by atoms with Crippen LogP contribution in [0.2, 0.25) is 0 Å². The highest BCUT2D eigenvalue weighted by Crippen LogP contribution is 2.43. The molecule has 1 spiro atoms. The minimum atomic E-state index is -3.20. The highest BCUT2D eigenvalue weighted by molar-refractivity contribution is 7.90. The standard InChI is InChI=1S/C16H25FN2O4S/c17-16(4-5-16)14(20)19-8-6-15(7-9-19)11-12(3-10-23-15)18-24(21,22)13-1-2-13/h12-13,18H,1-11H2. The van der Waals surface area contributed by atoms with Crippen LogP contribution in [0.1, 0.15) is 51.4 Å². The van der Waals surface area contributed by atoms with E-state index in [2.05, 4.69) is 4.72 Å². The zero-order chi connectivity index (χ0) is 17.0. The number of rotatable bonds is 4. The topological polar surface area (TPSA) is 75.7 Å². The highest BCUT2D eigenvalue weighted by atomic mass is 32.2. The third-order valence-corrected chi connectivity index (χ3v) is 7.83. The van der Waals surface area contributed by atoms with Crippen LogP contribution in [0.3, 0.4) is 0 Å². The van der Waals surface area contributed by atoms with Crippen LogP contribution < -0.4 is 4.72 Å². The van der Waals surface area contributed by atoms with Gasteiger partial charge in [-0.15, -0.1) is 0 Å². The van der Waals surface area contributed by atoms with Crippen molar-refractivity contribution in [2.24, 2.45) is 0 Å². The number of nitrogens with one attached hydrogen (secondary N) is 1. The molecule has 2 saturated carbocycles. The second kappa shape index (κ2) is 5.64. The van der Waals surface area contributed by atoms with Crippen LogP contribution >= 0.6 is 0 Å². The van der Waals surface area contributed by atoms with E-state index < -0.39 is 15.7 Å². The molecule has 1 unspecified atom stereocenters. The van der Waals surface area contributed by atoms with E-state index in [4.69, 9.17) is 4.74 Å². The summed E-state index contributed by atoms with van der Waals surface area (Å²) in [4.78, 5) is 13.7. The predicted molar refractivity (Wildman–Crippen MR) is 85.7 cm³/mol. The maximum absolute atomic E-state index is 13.9. The van der Waals surface area contributed by atoms with Crippen LogP contribution in [-0.2, 0) is 19.6 Å². The molecule has 0 aromatic rings. The van der Waals surface area contributed by atoms with Gasteiger partial charge in [0.05, 0.1) is 10.9 Å². The number of alkyl halides is 1. The molecule has 4 rings (SSSR count). The van der Waals surface area contributed by atoms with Gasteiger partial charge in [0.2, 0.25) is 10.0 Å². The van der Waals surface area contributed by atoms with E-state index in [9.17, 15) is 17.6 Å². The number of sulfonamides is 1. The van der Waals surface area contributed by atoms with Crippen LogP contribution in [0, 0.1) is 0 Å². The number of amides is 1. The molecule has 1 N–H and O–H groups in total. The van der Waals surface area contributed by atoms with Gasteiger partial charge in [-0.3, -0.25) is 4.79 Å². The molecule has 2 aliphatic carbocycles. The number of carbonyl (C=O) groups excluding carboxylic acids is 1. The second-order valence-electron chi connectivity index (χ2n) is 7.84. The molecule has 6 nitrogen and oxygen atoms in total. The lowest BCUT2D eigenvalue weighted by atomic mass is 9.82. The Balaban J connectivity index is 1.35. The van der Waals surface area contributed by atoms with Gasteiger partial charge in [0, 0.05) is 25.7 Å². The minimum Gasteiger partial charge on any atom is -0.375 e. The largest absolute Gasteiger partial charge is 0.375 e. The number of likely N-dealkylation sites (tertiary alicyclic amines) is 1. The molecule has 24 heavy (non-hydrogen) atoms. The lowest BCUT2D eigenvalue weighted by Crippen LogP contribution is -2.55. The van der Waals surface area contributed by atoms with E-state index in [0.717, 1.165) is 12.8 Å². The van der Waals surface area contributed by atoms with Gasteiger partial charge in [-0.1, -0.05) is 0 Å². The van der Waals surface area contributed by atoms with Gasteiger partial charge < -0.3 is 9.64 Å². The number of hydrogen-bond acceptors (Lipinski definition) is 4. The second-order valence-corrected chi connectivity index (χ2v) is 9.83. The molecule has 0 bridgehead atoms. The normalized spacial score (nSPS) is 31.9. The van der Waals surface area contributed by atoms with E-state index in [1.54, 1.807) is 4.90 Å². The van der Waals surface area contributed by atoms with Crippen LogP contribution in [0.15, 0.2) is 0 Å². The maximum Gasteiger partial charge on any atom is 0.260 e. The Hall–Kier alpha value is -0.730. The zero-order valence-electron chi connectivity index (χ0n) is 13.8. The fourth-order valence-electron chi connectivity index (χ4n) is 3.91. The van der Waals surface area contributed by atoms with Crippen LogP contribution in [0.5, 0.6) is 0 Å². The monoisotopic (exact) mass is 360 g/mol. The third-order valence-electron chi connectivity index (χ3n) is 5.82. The summed E-state index contributed by atoms with van der Waals surface area (Å²) in [7, 11) is -3.20. The Kier molecular flexibility index (Phi) is 3.93.